The molecule has 0 radical (unpaired) electrons. The number of hydrogen-bond donors (Lipinski definition) is 1. The van der Waals surface area contributed by atoms with Crippen LogP contribution in [0.25, 0.3) is 0 Å². The van der Waals surface area contributed by atoms with Gasteiger partial charge >= 0.3 is 5.97 Å². The molecule has 92 valence electrons. The highest BCUT2D eigenvalue weighted by molar-refractivity contribution is 7.87. The van der Waals surface area contributed by atoms with Gasteiger partial charge < -0.3 is 4.74 Å². The monoisotopic (exact) mass is 248 g/mol. The van der Waals surface area contributed by atoms with Crippen LogP contribution in [-0.4, -0.2) is 45.9 Å². The van der Waals surface area contributed by atoms with Gasteiger partial charge in [-0.1, -0.05) is 5.92 Å². The minimum Gasteiger partial charge on any atom is -0.469 e. The zero-order valence-corrected chi connectivity index (χ0v) is 10.4. The number of carbonyl (C=O) groups is 1. The van der Waals surface area contributed by atoms with E-state index in [1.165, 1.54) is 14.2 Å². The molecule has 7 heteroatoms. The van der Waals surface area contributed by atoms with Gasteiger partial charge in [0, 0.05) is 13.6 Å². The van der Waals surface area contributed by atoms with Crippen LogP contribution in [-0.2, 0) is 19.7 Å². The average molecular weight is 248 g/mol. The molecule has 6 nitrogen and oxygen atoms in total. The van der Waals surface area contributed by atoms with Gasteiger partial charge in [-0.2, -0.15) is 17.4 Å². The van der Waals surface area contributed by atoms with Crippen LogP contribution >= 0.6 is 0 Å². The fraction of sp³-hybridized carbons (Fsp3) is 0.667. The Morgan fingerprint density at radius 3 is 2.62 bits per heavy atom. The topological polar surface area (TPSA) is 75.7 Å². The number of ether oxygens (including phenoxy) is 1. The van der Waals surface area contributed by atoms with E-state index in [-0.39, 0.29) is 19.5 Å². The van der Waals surface area contributed by atoms with Crippen LogP contribution in [0.1, 0.15) is 13.3 Å². The van der Waals surface area contributed by atoms with E-state index in [0.29, 0.717) is 0 Å². The lowest BCUT2D eigenvalue weighted by molar-refractivity contribution is -0.140. The van der Waals surface area contributed by atoms with E-state index in [0.717, 1.165) is 4.31 Å². The highest BCUT2D eigenvalue weighted by atomic mass is 32.2. The first kappa shape index (κ1) is 14.9. The molecular weight excluding hydrogens is 232 g/mol. The van der Waals surface area contributed by atoms with Crippen molar-refractivity contribution in [1.82, 2.24) is 9.03 Å². The van der Waals surface area contributed by atoms with Crippen molar-refractivity contribution in [2.75, 3.05) is 27.2 Å². The Bertz CT molecular complexity index is 380. The first-order valence-corrected chi connectivity index (χ1v) is 6.05. The van der Waals surface area contributed by atoms with Gasteiger partial charge in [-0.05, 0) is 6.92 Å². The molecule has 0 bridgehead atoms. The Hall–Kier alpha value is -1.10. The van der Waals surface area contributed by atoms with Crippen LogP contribution in [0.5, 0.6) is 0 Å². The fourth-order valence-corrected chi connectivity index (χ4v) is 1.60. The van der Waals surface area contributed by atoms with Gasteiger partial charge in [0.05, 0.1) is 20.1 Å². The molecule has 0 aromatic heterocycles. The summed E-state index contributed by atoms with van der Waals surface area (Å²) in [5, 5.41) is 0. The maximum atomic E-state index is 11.5. The Morgan fingerprint density at radius 1 is 1.50 bits per heavy atom. The molecule has 0 aromatic rings. The smallest absolute Gasteiger partial charge is 0.306 e. The van der Waals surface area contributed by atoms with Crippen LogP contribution in [0.2, 0.25) is 0 Å². The summed E-state index contributed by atoms with van der Waals surface area (Å²) < 4.78 is 30.7. The molecule has 0 aromatic carbocycles. The summed E-state index contributed by atoms with van der Waals surface area (Å²) in [4.78, 5) is 10.8. The van der Waals surface area contributed by atoms with E-state index in [1.54, 1.807) is 6.92 Å². The number of esters is 1. The van der Waals surface area contributed by atoms with Gasteiger partial charge in [0.15, 0.2) is 0 Å². The van der Waals surface area contributed by atoms with E-state index < -0.39 is 16.2 Å². The number of rotatable bonds is 6. The predicted molar refractivity (Wildman–Crippen MR) is 59.6 cm³/mol. The van der Waals surface area contributed by atoms with Gasteiger partial charge in [-0.3, -0.25) is 4.79 Å². The second-order valence-electron chi connectivity index (χ2n) is 2.90. The van der Waals surface area contributed by atoms with Gasteiger partial charge in [-0.15, -0.1) is 5.92 Å². The molecule has 16 heavy (non-hydrogen) atoms. The van der Waals surface area contributed by atoms with E-state index >= 15 is 0 Å². The standard InChI is InChI=1S/C9H16N2O4S/c1-4-5-7-10-16(13,14)11(2)8-6-9(12)15-3/h10H,6-8H2,1-3H3. The SMILES string of the molecule is CC#CCNS(=O)(=O)N(C)CCC(=O)OC. The van der Waals surface area contributed by atoms with Crippen LogP contribution in [0.15, 0.2) is 0 Å². The van der Waals surface area contributed by atoms with Crippen LogP contribution in [0.3, 0.4) is 0 Å². The first-order valence-electron chi connectivity index (χ1n) is 4.61. The zero-order valence-electron chi connectivity index (χ0n) is 9.61. The number of hydrogen-bond acceptors (Lipinski definition) is 4. The molecule has 0 amide bonds. The minimum atomic E-state index is -3.56. The molecule has 0 heterocycles. The van der Waals surface area contributed by atoms with Gasteiger partial charge in [0.25, 0.3) is 10.2 Å². The lowest BCUT2D eigenvalue weighted by Gasteiger charge is -2.15. The maximum Gasteiger partial charge on any atom is 0.306 e. The summed E-state index contributed by atoms with van der Waals surface area (Å²) in [6.07, 6.45) is 0.0212. The molecule has 0 aliphatic rings. The second-order valence-corrected chi connectivity index (χ2v) is 4.76. The number of methoxy groups -OCH3 is 1. The first-order chi connectivity index (χ1) is 7.44. The van der Waals surface area contributed by atoms with Crippen molar-refractivity contribution in [2.45, 2.75) is 13.3 Å². The van der Waals surface area contributed by atoms with Gasteiger partial charge in [-0.25, -0.2) is 0 Å². The molecule has 0 atom stereocenters. The molecule has 0 fully saturated rings. The largest absolute Gasteiger partial charge is 0.469 e. The summed E-state index contributed by atoms with van der Waals surface area (Å²) >= 11 is 0. The van der Waals surface area contributed by atoms with E-state index in [9.17, 15) is 13.2 Å². The van der Waals surface area contributed by atoms with Crippen molar-refractivity contribution in [3.8, 4) is 11.8 Å². The summed E-state index contributed by atoms with van der Waals surface area (Å²) in [7, 11) is -0.928. The molecule has 0 rings (SSSR count). The minimum absolute atomic E-state index is 0.0212. The van der Waals surface area contributed by atoms with Crippen molar-refractivity contribution in [1.29, 1.82) is 0 Å². The fourth-order valence-electron chi connectivity index (χ4n) is 0.797. The maximum absolute atomic E-state index is 11.5. The van der Waals surface area contributed by atoms with E-state index in [4.69, 9.17) is 0 Å². The molecule has 0 saturated heterocycles. The third kappa shape index (κ3) is 5.70. The quantitative estimate of drug-likeness (QED) is 0.500. The van der Waals surface area contributed by atoms with E-state index in [1.807, 2.05) is 0 Å². The molecule has 0 aliphatic heterocycles. The average Bonchev–Trinajstić information content (AvgIpc) is 2.25. The molecule has 0 aliphatic carbocycles. The molecule has 1 N–H and O–H groups in total. The zero-order chi connectivity index (χ0) is 12.6. The van der Waals surface area contributed by atoms with Crippen LogP contribution in [0.4, 0.5) is 0 Å². The summed E-state index contributed by atoms with van der Waals surface area (Å²) in [6, 6.07) is 0. The highest BCUT2D eigenvalue weighted by Crippen LogP contribution is 1.96. The van der Waals surface area contributed by atoms with Crippen LogP contribution < -0.4 is 4.72 Å². The molecule has 0 spiro atoms. The number of carbonyl (C=O) groups excluding carboxylic acids is 1. The third-order valence-electron chi connectivity index (χ3n) is 1.79. The number of nitrogens with zero attached hydrogens (tertiary/aromatic N) is 1. The Morgan fingerprint density at radius 2 is 2.12 bits per heavy atom. The number of nitrogens with one attached hydrogen (secondary N) is 1. The van der Waals surface area contributed by atoms with E-state index in [2.05, 4.69) is 21.3 Å². The molecular formula is C9H16N2O4S. The van der Waals surface area contributed by atoms with Gasteiger partial charge in [0.2, 0.25) is 0 Å². The van der Waals surface area contributed by atoms with Gasteiger partial charge in [0.1, 0.15) is 0 Å². The Balaban J connectivity index is 4.17. The summed E-state index contributed by atoms with van der Waals surface area (Å²) in [5.41, 5.74) is 0. The molecule has 0 unspecified atom stereocenters. The third-order valence-corrected chi connectivity index (χ3v) is 3.30. The van der Waals surface area contributed by atoms with Crippen molar-refractivity contribution >= 4 is 16.2 Å². The van der Waals surface area contributed by atoms with Crippen LogP contribution in [0, 0.1) is 11.8 Å². The summed E-state index contributed by atoms with van der Waals surface area (Å²) in [6.45, 7) is 1.75. The Labute approximate surface area is 96.1 Å². The second kappa shape index (κ2) is 7.22. The summed E-state index contributed by atoms with van der Waals surface area (Å²) in [5.74, 6) is 4.70. The van der Waals surface area contributed by atoms with Crippen molar-refractivity contribution in [2.24, 2.45) is 0 Å². The Kier molecular flexibility index (Phi) is 6.72. The highest BCUT2D eigenvalue weighted by Gasteiger charge is 2.17. The van der Waals surface area contributed by atoms with Crippen molar-refractivity contribution < 1.29 is 17.9 Å². The van der Waals surface area contributed by atoms with Crippen molar-refractivity contribution in [3.63, 3.8) is 0 Å². The lowest BCUT2D eigenvalue weighted by atomic mass is 10.4. The molecule has 0 saturated carbocycles. The normalized spacial score (nSPS) is 10.8. The van der Waals surface area contributed by atoms with Crippen molar-refractivity contribution in [3.05, 3.63) is 0 Å². The lowest BCUT2D eigenvalue weighted by Crippen LogP contribution is -2.39. The predicted octanol–water partition coefficient (Wildman–Crippen LogP) is -0.661.